The lowest BCUT2D eigenvalue weighted by Crippen LogP contribution is -2.51. The molecule has 1 heterocycles. The highest BCUT2D eigenvalue weighted by atomic mass is 16.4. The van der Waals surface area contributed by atoms with Crippen LogP contribution < -0.4 is 5.32 Å². The van der Waals surface area contributed by atoms with Crippen molar-refractivity contribution in [2.24, 2.45) is 0 Å². The van der Waals surface area contributed by atoms with Crippen LogP contribution in [0.15, 0.2) is 24.3 Å². The highest BCUT2D eigenvalue weighted by Gasteiger charge is 2.22. The molecule has 1 amide bonds. The maximum absolute atomic E-state index is 11.1. The van der Waals surface area contributed by atoms with Gasteiger partial charge in [-0.1, -0.05) is 12.1 Å². The van der Waals surface area contributed by atoms with Crippen LogP contribution in [0.2, 0.25) is 0 Å². The fourth-order valence-corrected chi connectivity index (χ4v) is 3.23. The summed E-state index contributed by atoms with van der Waals surface area (Å²) in [6.07, 6.45) is 0.431. The molecule has 6 nitrogen and oxygen atoms in total. The molecule has 0 bridgehead atoms. The van der Waals surface area contributed by atoms with Gasteiger partial charge in [-0.05, 0) is 44.5 Å². The molecule has 0 unspecified atom stereocenters. The van der Waals surface area contributed by atoms with Crippen molar-refractivity contribution in [1.29, 1.82) is 5.26 Å². The van der Waals surface area contributed by atoms with Gasteiger partial charge in [-0.25, -0.2) is 4.79 Å². The lowest BCUT2D eigenvalue weighted by molar-refractivity contribution is 0.0958. The van der Waals surface area contributed by atoms with Gasteiger partial charge in [-0.15, -0.1) is 0 Å². The van der Waals surface area contributed by atoms with Gasteiger partial charge in [-0.2, -0.15) is 5.26 Å². The number of hydrogen-bond donors (Lipinski definition) is 2. The first kappa shape index (κ1) is 18.2. The zero-order valence-corrected chi connectivity index (χ0v) is 14.4. The van der Waals surface area contributed by atoms with Gasteiger partial charge in [0, 0.05) is 38.3 Å². The summed E-state index contributed by atoms with van der Waals surface area (Å²) in [5.41, 5.74) is 1.66. The van der Waals surface area contributed by atoms with Crippen LogP contribution in [-0.2, 0) is 6.42 Å². The molecule has 0 saturated carbocycles. The Hall–Kier alpha value is -2.10. The Labute approximate surface area is 143 Å². The van der Waals surface area contributed by atoms with Crippen LogP contribution in [0.5, 0.6) is 0 Å². The minimum absolute atomic E-state index is 0.123. The Morgan fingerprint density at radius 2 is 2.12 bits per heavy atom. The third-order valence-corrected chi connectivity index (χ3v) is 4.63. The van der Waals surface area contributed by atoms with Crippen LogP contribution in [0.4, 0.5) is 4.79 Å². The number of nitrogens with zero attached hydrogens (tertiary/aromatic N) is 3. The summed E-state index contributed by atoms with van der Waals surface area (Å²) in [5, 5.41) is 20.6. The molecule has 0 aliphatic carbocycles. The van der Waals surface area contributed by atoms with E-state index in [9.17, 15) is 4.79 Å². The zero-order chi connectivity index (χ0) is 17.5. The predicted octanol–water partition coefficient (Wildman–Crippen LogP) is 1.76. The lowest BCUT2D eigenvalue weighted by atomic mass is 10.0. The summed E-state index contributed by atoms with van der Waals surface area (Å²) in [7, 11) is 2.13. The molecule has 1 saturated heterocycles. The standard InChI is InChI=1S/C18H26N4O2/c1-14-13-21(2)9-10-22(14)8-7-17(20-18(23)24)11-15-3-5-16(12-19)6-4-15/h3-6,14,17,20H,7-11,13H2,1-2H3,(H,23,24)/t14-,17+/m1/s1. The maximum atomic E-state index is 11.1. The van der Waals surface area contributed by atoms with Crippen molar-refractivity contribution in [2.75, 3.05) is 33.2 Å². The van der Waals surface area contributed by atoms with E-state index in [2.05, 4.69) is 35.2 Å². The second kappa shape index (κ2) is 8.67. The maximum Gasteiger partial charge on any atom is 0.404 e. The van der Waals surface area contributed by atoms with E-state index in [-0.39, 0.29) is 6.04 Å². The van der Waals surface area contributed by atoms with Crippen molar-refractivity contribution in [3.8, 4) is 6.07 Å². The average molecular weight is 330 g/mol. The normalized spacial score (nSPS) is 20.3. The Morgan fingerprint density at radius 1 is 1.42 bits per heavy atom. The first-order valence-corrected chi connectivity index (χ1v) is 8.39. The molecule has 2 rings (SSSR count). The first-order valence-electron chi connectivity index (χ1n) is 8.39. The zero-order valence-electron chi connectivity index (χ0n) is 14.4. The number of hydrogen-bond acceptors (Lipinski definition) is 4. The molecular formula is C18H26N4O2. The Balaban J connectivity index is 1.92. The summed E-state index contributed by atoms with van der Waals surface area (Å²) >= 11 is 0. The molecule has 0 spiro atoms. The van der Waals surface area contributed by atoms with Crippen LogP contribution in [0.25, 0.3) is 0 Å². The van der Waals surface area contributed by atoms with Crippen LogP contribution in [-0.4, -0.2) is 66.3 Å². The number of rotatable bonds is 6. The van der Waals surface area contributed by atoms with Gasteiger partial charge in [0.1, 0.15) is 0 Å². The van der Waals surface area contributed by atoms with Crippen molar-refractivity contribution in [3.63, 3.8) is 0 Å². The van der Waals surface area contributed by atoms with Gasteiger partial charge in [0.05, 0.1) is 11.6 Å². The SMILES string of the molecule is C[C@@H]1CN(C)CCN1CC[C@@H](Cc1ccc(C#N)cc1)NC(=O)O. The molecular weight excluding hydrogens is 304 g/mol. The van der Waals surface area contributed by atoms with Crippen molar-refractivity contribution < 1.29 is 9.90 Å². The summed E-state index contributed by atoms with van der Waals surface area (Å²) in [5.74, 6) is 0. The minimum Gasteiger partial charge on any atom is -0.465 e. The van der Waals surface area contributed by atoms with Gasteiger partial charge in [0.25, 0.3) is 0 Å². The number of benzene rings is 1. The van der Waals surface area contributed by atoms with Crippen molar-refractivity contribution in [1.82, 2.24) is 15.1 Å². The molecule has 1 aliphatic rings. The molecule has 6 heteroatoms. The van der Waals surface area contributed by atoms with Crippen LogP contribution in [0, 0.1) is 11.3 Å². The lowest BCUT2D eigenvalue weighted by Gasteiger charge is -2.38. The van der Waals surface area contributed by atoms with Gasteiger partial charge in [-0.3, -0.25) is 4.90 Å². The van der Waals surface area contributed by atoms with Crippen LogP contribution >= 0.6 is 0 Å². The van der Waals surface area contributed by atoms with E-state index in [1.54, 1.807) is 12.1 Å². The molecule has 24 heavy (non-hydrogen) atoms. The summed E-state index contributed by atoms with van der Waals surface area (Å²) < 4.78 is 0. The van der Waals surface area contributed by atoms with Crippen molar-refractivity contribution in [2.45, 2.75) is 31.8 Å². The van der Waals surface area contributed by atoms with Gasteiger partial charge >= 0.3 is 6.09 Å². The van der Waals surface area contributed by atoms with E-state index in [4.69, 9.17) is 10.4 Å². The van der Waals surface area contributed by atoms with Crippen LogP contribution in [0.1, 0.15) is 24.5 Å². The van der Waals surface area contributed by atoms with Crippen molar-refractivity contribution in [3.05, 3.63) is 35.4 Å². The molecule has 0 aromatic heterocycles. The highest BCUT2D eigenvalue weighted by Crippen LogP contribution is 2.12. The van der Waals surface area contributed by atoms with Crippen LogP contribution in [0.3, 0.4) is 0 Å². The number of amides is 1. The molecule has 2 atom stereocenters. The number of likely N-dealkylation sites (N-methyl/N-ethyl adjacent to an activating group) is 1. The van der Waals surface area contributed by atoms with E-state index in [0.717, 1.165) is 38.2 Å². The average Bonchev–Trinajstić information content (AvgIpc) is 2.54. The number of carbonyl (C=O) groups is 1. The largest absolute Gasteiger partial charge is 0.465 e. The summed E-state index contributed by atoms with van der Waals surface area (Å²) in [6.45, 7) is 6.23. The van der Waals surface area contributed by atoms with E-state index < -0.39 is 6.09 Å². The quantitative estimate of drug-likeness (QED) is 0.831. The highest BCUT2D eigenvalue weighted by molar-refractivity contribution is 5.64. The molecule has 1 aromatic rings. The second-order valence-corrected chi connectivity index (χ2v) is 6.60. The van der Waals surface area contributed by atoms with Gasteiger partial charge < -0.3 is 15.3 Å². The topological polar surface area (TPSA) is 79.6 Å². The van der Waals surface area contributed by atoms with Gasteiger partial charge in [0.15, 0.2) is 0 Å². The number of piperazine rings is 1. The van der Waals surface area contributed by atoms with E-state index in [1.165, 1.54) is 0 Å². The Bertz CT molecular complexity index is 582. The fourth-order valence-electron chi connectivity index (χ4n) is 3.23. The first-order chi connectivity index (χ1) is 11.5. The summed E-state index contributed by atoms with van der Waals surface area (Å²) in [4.78, 5) is 15.8. The molecule has 1 aliphatic heterocycles. The van der Waals surface area contributed by atoms with E-state index in [1.807, 2.05) is 12.1 Å². The molecule has 2 N–H and O–H groups in total. The fraction of sp³-hybridized carbons (Fsp3) is 0.556. The number of carboxylic acid groups (broad SMARTS) is 1. The second-order valence-electron chi connectivity index (χ2n) is 6.60. The molecule has 1 aromatic carbocycles. The molecule has 130 valence electrons. The third-order valence-electron chi connectivity index (χ3n) is 4.63. The van der Waals surface area contributed by atoms with E-state index >= 15 is 0 Å². The number of nitrogens with one attached hydrogen (secondary N) is 1. The number of nitriles is 1. The Kier molecular flexibility index (Phi) is 6.59. The molecule has 0 radical (unpaired) electrons. The van der Waals surface area contributed by atoms with Gasteiger partial charge in [0.2, 0.25) is 0 Å². The predicted molar refractivity (Wildman–Crippen MR) is 93.0 cm³/mol. The van der Waals surface area contributed by atoms with Crippen molar-refractivity contribution >= 4 is 6.09 Å². The van der Waals surface area contributed by atoms with E-state index in [0.29, 0.717) is 18.0 Å². The summed E-state index contributed by atoms with van der Waals surface area (Å²) in [6, 6.07) is 9.80. The Morgan fingerprint density at radius 3 is 2.71 bits per heavy atom. The monoisotopic (exact) mass is 330 g/mol. The third kappa shape index (κ3) is 5.52. The minimum atomic E-state index is -0.986. The smallest absolute Gasteiger partial charge is 0.404 e. The molecule has 1 fully saturated rings.